The van der Waals surface area contributed by atoms with E-state index in [1.54, 1.807) is 18.7 Å². The molecule has 1 aliphatic rings. The first-order chi connectivity index (χ1) is 6.61. The molecule has 0 aromatic heterocycles. The zero-order chi connectivity index (χ0) is 10.6. The van der Waals surface area contributed by atoms with Gasteiger partial charge < -0.3 is 9.64 Å². The molecular weight excluding hydrogens is 182 g/mol. The first-order valence-electron chi connectivity index (χ1n) is 5.05. The van der Waals surface area contributed by atoms with Crippen molar-refractivity contribution in [3.05, 3.63) is 0 Å². The van der Waals surface area contributed by atoms with Crippen LogP contribution in [0.4, 0.5) is 0 Å². The van der Waals surface area contributed by atoms with Crippen molar-refractivity contribution in [2.75, 3.05) is 19.7 Å². The monoisotopic (exact) mass is 199 g/mol. The van der Waals surface area contributed by atoms with Crippen LogP contribution < -0.4 is 0 Å². The second-order valence-corrected chi connectivity index (χ2v) is 3.81. The van der Waals surface area contributed by atoms with E-state index in [2.05, 4.69) is 0 Å². The number of ether oxygens (including phenoxy) is 1. The maximum atomic E-state index is 11.2. The molecule has 1 fully saturated rings. The summed E-state index contributed by atoms with van der Waals surface area (Å²) in [4.78, 5) is 24.0. The molecule has 1 amide bonds. The van der Waals surface area contributed by atoms with Gasteiger partial charge in [0, 0.05) is 13.0 Å². The Bertz CT molecular complexity index is 225. The number of hydrogen-bond acceptors (Lipinski definition) is 3. The summed E-state index contributed by atoms with van der Waals surface area (Å²) in [5.74, 6) is -0.119. The first-order valence-corrected chi connectivity index (χ1v) is 5.05. The van der Waals surface area contributed by atoms with Crippen LogP contribution in [0.5, 0.6) is 0 Å². The summed E-state index contributed by atoms with van der Waals surface area (Å²) < 4.78 is 4.98. The van der Waals surface area contributed by atoms with E-state index in [0.29, 0.717) is 19.6 Å². The average Bonchev–Trinajstić information content (AvgIpc) is 2.51. The zero-order valence-corrected chi connectivity index (χ0v) is 8.78. The molecular formula is C10H17NO3. The van der Waals surface area contributed by atoms with Crippen LogP contribution >= 0.6 is 0 Å². The first kappa shape index (κ1) is 11.0. The van der Waals surface area contributed by atoms with Gasteiger partial charge in [-0.3, -0.25) is 9.59 Å². The van der Waals surface area contributed by atoms with Crippen molar-refractivity contribution in [3.8, 4) is 0 Å². The third-order valence-electron chi connectivity index (χ3n) is 2.25. The zero-order valence-electron chi connectivity index (χ0n) is 8.78. The molecule has 0 aromatic rings. The Morgan fingerprint density at radius 1 is 1.57 bits per heavy atom. The van der Waals surface area contributed by atoms with Gasteiger partial charge in [0.25, 0.3) is 0 Å². The van der Waals surface area contributed by atoms with Crippen LogP contribution in [0, 0.1) is 5.92 Å². The topological polar surface area (TPSA) is 46.6 Å². The van der Waals surface area contributed by atoms with E-state index in [-0.39, 0.29) is 17.8 Å². The molecule has 0 radical (unpaired) electrons. The summed E-state index contributed by atoms with van der Waals surface area (Å²) in [6.45, 7) is 5.25. The van der Waals surface area contributed by atoms with E-state index in [1.807, 2.05) is 0 Å². The maximum Gasteiger partial charge on any atom is 0.308 e. The maximum absolute atomic E-state index is 11.2. The Hall–Kier alpha value is -1.06. The molecule has 1 heterocycles. The van der Waals surface area contributed by atoms with Crippen LogP contribution in [-0.2, 0) is 14.3 Å². The Kier molecular flexibility index (Phi) is 3.92. The predicted molar refractivity (Wildman–Crippen MR) is 51.6 cm³/mol. The van der Waals surface area contributed by atoms with Gasteiger partial charge in [0.05, 0.1) is 12.5 Å². The Labute approximate surface area is 84.2 Å². The molecule has 0 N–H and O–H groups in total. The summed E-state index contributed by atoms with van der Waals surface area (Å²) in [5.41, 5.74) is 0. The van der Waals surface area contributed by atoms with Gasteiger partial charge in [-0.15, -0.1) is 0 Å². The number of rotatable bonds is 4. The van der Waals surface area contributed by atoms with Gasteiger partial charge in [0.1, 0.15) is 6.61 Å². The van der Waals surface area contributed by atoms with Crippen LogP contribution in [0.2, 0.25) is 0 Å². The van der Waals surface area contributed by atoms with E-state index in [1.165, 1.54) is 0 Å². The quantitative estimate of drug-likeness (QED) is 0.629. The predicted octanol–water partition coefficient (Wildman–Crippen LogP) is 0.808. The minimum atomic E-state index is -0.198. The van der Waals surface area contributed by atoms with Crippen molar-refractivity contribution in [2.45, 2.75) is 26.7 Å². The number of amides is 1. The number of carbonyl (C=O) groups excluding carboxylic acids is 2. The molecule has 0 unspecified atom stereocenters. The molecule has 0 spiro atoms. The summed E-state index contributed by atoms with van der Waals surface area (Å²) in [7, 11) is 0. The molecule has 0 saturated carbocycles. The Morgan fingerprint density at radius 2 is 2.29 bits per heavy atom. The minimum Gasteiger partial charge on any atom is -0.464 e. The highest BCUT2D eigenvalue weighted by Gasteiger charge is 2.20. The molecule has 1 aliphatic heterocycles. The largest absolute Gasteiger partial charge is 0.464 e. The molecule has 0 aliphatic carbocycles. The highest BCUT2D eigenvalue weighted by Crippen LogP contribution is 2.08. The summed E-state index contributed by atoms with van der Waals surface area (Å²) in [6.07, 6.45) is 1.56. The molecule has 1 rings (SSSR count). The van der Waals surface area contributed by atoms with Gasteiger partial charge in [0.15, 0.2) is 0 Å². The lowest BCUT2D eigenvalue weighted by Crippen LogP contribution is -2.29. The smallest absolute Gasteiger partial charge is 0.308 e. The van der Waals surface area contributed by atoms with Crippen LogP contribution in [0.1, 0.15) is 26.7 Å². The summed E-state index contributed by atoms with van der Waals surface area (Å²) >= 11 is 0. The van der Waals surface area contributed by atoms with Gasteiger partial charge in [-0.05, 0) is 6.42 Å². The van der Waals surface area contributed by atoms with E-state index < -0.39 is 0 Å². The van der Waals surface area contributed by atoms with Gasteiger partial charge in [-0.25, -0.2) is 0 Å². The molecule has 0 bridgehead atoms. The van der Waals surface area contributed by atoms with Crippen LogP contribution in [0.15, 0.2) is 0 Å². The third kappa shape index (κ3) is 3.01. The number of nitrogens with zero attached hydrogens (tertiary/aromatic N) is 1. The van der Waals surface area contributed by atoms with Crippen molar-refractivity contribution < 1.29 is 14.3 Å². The van der Waals surface area contributed by atoms with E-state index in [4.69, 9.17) is 4.74 Å². The molecule has 0 atom stereocenters. The van der Waals surface area contributed by atoms with Crippen molar-refractivity contribution in [1.29, 1.82) is 0 Å². The lowest BCUT2D eigenvalue weighted by Gasteiger charge is -2.15. The minimum absolute atomic E-state index is 0.0933. The normalized spacial score (nSPS) is 16.5. The summed E-state index contributed by atoms with van der Waals surface area (Å²) in [6, 6.07) is 0. The Morgan fingerprint density at radius 3 is 2.79 bits per heavy atom. The fraction of sp³-hybridized carbons (Fsp3) is 0.800. The van der Waals surface area contributed by atoms with Crippen molar-refractivity contribution in [1.82, 2.24) is 4.90 Å². The van der Waals surface area contributed by atoms with Gasteiger partial charge in [-0.1, -0.05) is 13.8 Å². The fourth-order valence-electron chi connectivity index (χ4n) is 1.36. The fourth-order valence-corrected chi connectivity index (χ4v) is 1.36. The summed E-state index contributed by atoms with van der Waals surface area (Å²) in [5, 5.41) is 0. The highest BCUT2D eigenvalue weighted by molar-refractivity contribution is 5.78. The van der Waals surface area contributed by atoms with Crippen molar-refractivity contribution in [2.24, 2.45) is 5.92 Å². The molecule has 4 nitrogen and oxygen atoms in total. The average molecular weight is 199 g/mol. The van der Waals surface area contributed by atoms with Gasteiger partial charge in [0.2, 0.25) is 5.91 Å². The number of esters is 1. The lowest BCUT2D eigenvalue weighted by molar-refractivity contribution is -0.148. The number of hydrogen-bond donors (Lipinski definition) is 0. The highest BCUT2D eigenvalue weighted by atomic mass is 16.5. The molecule has 1 saturated heterocycles. The van der Waals surface area contributed by atoms with Gasteiger partial charge >= 0.3 is 5.97 Å². The van der Waals surface area contributed by atoms with Crippen LogP contribution in [0.3, 0.4) is 0 Å². The molecule has 4 heteroatoms. The van der Waals surface area contributed by atoms with E-state index in [9.17, 15) is 9.59 Å². The lowest BCUT2D eigenvalue weighted by atomic mass is 10.2. The number of carbonyl (C=O) groups is 2. The molecule has 0 aromatic carbocycles. The van der Waals surface area contributed by atoms with Gasteiger partial charge in [-0.2, -0.15) is 0 Å². The van der Waals surface area contributed by atoms with Crippen molar-refractivity contribution >= 4 is 11.9 Å². The standard InChI is InChI=1S/C10H17NO3/c1-8(2)10(13)14-7-6-11-5-3-4-9(11)12/h8H,3-7H2,1-2H3. The SMILES string of the molecule is CC(C)C(=O)OCCN1CCCC1=O. The third-order valence-corrected chi connectivity index (χ3v) is 2.25. The molecule has 14 heavy (non-hydrogen) atoms. The van der Waals surface area contributed by atoms with E-state index in [0.717, 1.165) is 13.0 Å². The van der Waals surface area contributed by atoms with Crippen LogP contribution in [0.25, 0.3) is 0 Å². The molecule has 80 valence electrons. The second kappa shape index (κ2) is 4.98. The van der Waals surface area contributed by atoms with Crippen LogP contribution in [-0.4, -0.2) is 36.5 Å². The van der Waals surface area contributed by atoms with Crippen molar-refractivity contribution in [3.63, 3.8) is 0 Å². The van der Waals surface area contributed by atoms with E-state index >= 15 is 0 Å². The number of likely N-dealkylation sites (tertiary alicyclic amines) is 1. The Balaban J connectivity index is 2.15. The second-order valence-electron chi connectivity index (χ2n) is 3.81.